The monoisotopic (exact) mass is 1160 g/mol. The van der Waals surface area contributed by atoms with Crippen molar-refractivity contribution in [2.45, 2.75) is 10.8 Å². The molecule has 19 rings (SSSR count). The summed E-state index contributed by atoms with van der Waals surface area (Å²) in [4.78, 5) is 22.8. The van der Waals surface area contributed by atoms with E-state index in [1.54, 1.807) is 11.3 Å². The third-order valence-electron chi connectivity index (χ3n) is 18.3. The highest BCUT2D eigenvalue weighted by molar-refractivity contribution is 7.25. The van der Waals surface area contributed by atoms with Gasteiger partial charge in [0, 0.05) is 60.0 Å². The lowest BCUT2D eigenvalue weighted by molar-refractivity contribution is 0.385. The molecule has 1 atom stereocenters. The van der Waals surface area contributed by atoms with E-state index in [0.717, 1.165) is 138 Å². The number of hydrogen-bond acceptors (Lipinski definition) is 9. The fourth-order valence-corrected chi connectivity index (χ4v) is 15.7. The Balaban J connectivity index is 0.789. The van der Waals surface area contributed by atoms with E-state index in [1.807, 2.05) is 42.5 Å². The molecule has 416 valence electrons. The summed E-state index contributed by atoms with van der Waals surface area (Å²) >= 11 is 1.68. The lowest BCUT2D eigenvalue weighted by atomic mass is 9.62. The van der Waals surface area contributed by atoms with E-state index in [-0.39, 0.29) is 0 Å². The minimum Gasteiger partial charge on any atom is -0.457 e. The zero-order valence-corrected chi connectivity index (χ0v) is 48.2. The van der Waals surface area contributed by atoms with Crippen molar-refractivity contribution in [3.8, 4) is 102 Å². The second kappa shape index (κ2) is 19.0. The zero-order valence-electron chi connectivity index (χ0n) is 47.4. The molecule has 0 amide bonds. The van der Waals surface area contributed by atoms with Crippen molar-refractivity contribution in [2.24, 2.45) is 0 Å². The Labute approximate surface area is 515 Å². The second-order valence-corrected chi connectivity index (χ2v) is 24.1. The van der Waals surface area contributed by atoms with Gasteiger partial charge >= 0.3 is 0 Å². The summed E-state index contributed by atoms with van der Waals surface area (Å²) in [5.41, 5.74) is 15.9. The molecule has 7 heterocycles. The minimum absolute atomic E-state index is 0.579. The zero-order chi connectivity index (χ0) is 58.4. The maximum absolute atomic E-state index is 7.36. The molecule has 0 saturated carbocycles. The average Bonchev–Trinajstić information content (AvgIpc) is 0.886. The van der Waals surface area contributed by atoms with Crippen molar-refractivity contribution >= 4 is 42.7 Å². The van der Waals surface area contributed by atoms with Crippen molar-refractivity contribution < 1.29 is 18.9 Å². The lowest BCUT2D eigenvalue weighted by Gasteiger charge is -2.45. The summed E-state index contributed by atoms with van der Waals surface area (Å²) in [6, 6.07) is 97.1. The summed E-state index contributed by atoms with van der Waals surface area (Å²) in [6.07, 6.45) is 0. The van der Waals surface area contributed by atoms with Gasteiger partial charge in [0.15, 0.2) is 5.82 Å². The van der Waals surface area contributed by atoms with Gasteiger partial charge in [-0.25, -0.2) is 19.9 Å². The van der Waals surface area contributed by atoms with E-state index >= 15 is 0 Å². The van der Waals surface area contributed by atoms with E-state index < -0.39 is 10.8 Å². The quantitative estimate of drug-likeness (QED) is 0.156. The van der Waals surface area contributed by atoms with E-state index in [4.69, 9.17) is 38.9 Å². The number of rotatable bonds is 7. The Hall–Kier alpha value is -11.5. The summed E-state index contributed by atoms with van der Waals surface area (Å²) in [5, 5.41) is 2.18. The Morgan fingerprint density at radius 1 is 0.281 bits per heavy atom. The number of benzene rings is 12. The Bertz CT molecular complexity index is 5390. The molecule has 3 aromatic heterocycles. The number of ether oxygens (including phenoxy) is 4. The van der Waals surface area contributed by atoms with Crippen LogP contribution in [0.5, 0.6) is 46.0 Å². The van der Waals surface area contributed by atoms with Crippen LogP contribution in [0.15, 0.2) is 279 Å². The molecule has 15 aromatic rings. The van der Waals surface area contributed by atoms with Gasteiger partial charge in [-0.1, -0.05) is 212 Å². The molecule has 0 fully saturated rings. The van der Waals surface area contributed by atoms with Crippen LogP contribution in [0.25, 0.3) is 87.6 Å². The summed E-state index contributed by atoms with van der Waals surface area (Å²) < 4.78 is 29.6. The summed E-state index contributed by atoms with van der Waals surface area (Å²) in [5.74, 6) is 6.36. The van der Waals surface area contributed by atoms with Crippen LogP contribution in [-0.2, 0) is 10.8 Å². The van der Waals surface area contributed by atoms with Gasteiger partial charge in [-0.05, 0) is 89.0 Å². The van der Waals surface area contributed by atoms with Gasteiger partial charge in [0.2, 0.25) is 0 Å². The van der Waals surface area contributed by atoms with Crippen molar-refractivity contribution in [1.29, 1.82) is 0 Å². The Morgan fingerprint density at radius 3 is 1.29 bits per heavy atom. The molecule has 9 heteroatoms. The fourth-order valence-electron chi connectivity index (χ4n) is 14.6. The number of hydrogen-bond donors (Lipinski definition) is 0. The normalized spacial score (nSPS) is 15.0. The highest BCUT2D eigenvalue weighted by atomic mass is 32.1. The van der Waals surface area contributed by atoms with E-state index in [2.05, 4.69) is 237 Å². The van der Waals surface area contributed by atoms with Crippen LogP contribution in [0.2, 0.25) is 0 Å². The highest BCUT2D eigenvalue weighted by Gasteiger charge is 2.53. The Kier molecular flexibility index (Phi) is 10.6. The van der Waals surface area contributed by atoms with Gasteiger partial charge in [0.1, 0.15) is 50.8 Å². The average molecular weight is 1160 g/mol. The molecule has 8 nitrogen and oxygen atoms in total. The van der Waals surface area contributed by atoms with E-state index in [0.29, 0.717) is 40.3 Å². The molecule has 0 N–H and O–H groups in total. The number of fused-ring (bicyclic) bond motifs is 12. The minimum atomic E-state index is -0.832. The molecular formula is C80H46N4O4S. The first-order valence-corrected chi connectivity index (χ1v) is 30.6. The predicted octanol–water partition coefficient (Wildman–Crippen LogP) is 20.3. The van der Waals surface area contributed by atoms with Crippen molar-refractivity contribution in [1.82, 2.24) is 19.9 Å². The second-order valence-electron chi connectivity index (χ2n) is 23.1. The van der Waals surface area contributed by atoms with Crippen molar-refractivity contribution in [2.75, 3.05) is 0 Å². The molecule has 0 aliphatic carbocycles. The van der Waals surface area contributed by atoms with Gasteiger partial charge in [0.05, 0.1) is 50.1 Å². The number of aromatic nitrogens is 4. The predicted molar refractivity (Wildman–Crippen MR) is 352 cm³/mol. The molecular weight excluding hydrogens is 1110 g/mol. The largest absolute Gasteiger partial charge is 0.457 e. The first-order chi connectivity index (χ1) is 44.1. The molecule has 4 aliphatic rings. The van der Waals surface area contributed by atoms with Crippen molar-refractivity contribution in [3.63, 3.8) is 0 Å². The third-order valence-corrected chi connectivity index (χ3v) is 19.4. The standard InChI is InChI=1S/C80H46N4O4S/c1-5-21-47(22-6-1)74-71-55-29-13-20-36-70(55)89-78(71)84-77(83-74)52-45-68-73-69(46-52)88-65-42-50(37-39-59(65)80(73,54-27-11-4-12-28-54)58-32-16-19-35-64(58)87-68)49-38-40-60-61(41-49)82-76(75(81-60)48-23-7-2-8-24-48)51-43-66-72-67(44-51)86-63-34-18-15-31-57(63)79(72,53-25-9-3-10-26-53)56-30-14-17-33-62(56)85-66/h1-46H. The van der Waals surface area contributed by atoms with Crippen LogP contribution in [-0.4, -0.2) is 19.9 Å². The van der Waals surface area contributed by atoms with Gasteiger partial charge in [0.25, 0.3) is 0 Å². The van der Waals surface area contributed by atoms with Crippen LogP contribution in [0.1, 0.15) is 44.5 Å². The van der Waals surface area contributed by atoms with Gasteiger partial charge < -0.3 is 18.9 Å². The van der Waals surface area contributed by atoms with Crippen LogP contribution in [0.4, 0.5) is 0 Å². The van der Waals surface area contributed by atoms with Crippen LogP contribution < -0.4 is 18.9 Å². The lowest BCUT2D eigenvalue weighted by Crippen LogP contribution is -2.37. The van der Waals surface area contributed by atoms with E-state index in [9.17, 15) is 0 Å². The number of nitrogens with zero attached hydrogens (tertiary/aromatic N) is 4. The summed E-state index contributed by atoms with van der Waals surface area (Å²) in [7, 11) is 0. The third kappa shape index (κ3) is 7.22. The first kappa shape index (κ1) is 49.7. The molecule has 0 bridgehead atoms. The maximum Gasteiger partial charge on any atom is 0.161 e. The molecule has 12 aromatic carbocycles. The molecule has 0 spiro atoms. The smallest absolute Gasteiger partial charge is 0.161 e. The van der Waals surface area contributed by atoms with Gasteiger partial charge in [-0.3, -0.25) is 0 Å². The Morgan fingerprint density at radius 2 is 0.708 bits per heavy atom. The molecule has 0 saturated heterocycles. The molecule has 1 unspecified atom stereocenters. The first-order valence-electron chi connectivity index (χ1n) is 29.8. The molecule has 4 aliphatic heterocycles. The van der Waals surface area contributed by atoms with E-state index in [1.165, 1.54) is 0 Å². The molecule has 0 radical (unpaired) electrons. The molecule has 89 heavy (non-hydrogen) atoms. The van der Waals surface area contributed by atoms with Gasteiger partial charge in [-0.15, -0.1) is 11.3 Å². The topological polar surface area (TPSA) is 88.5 Å². The number of thiophene rings is 1. The van der Waals surface area contributed by atoms with Crippen LogP contribution in [0.3, 0.4) is 0 Å². The fraction of sp³-hybridized carbons (Fsp3) is 0.0250. The summed E-state index contributed by atoms with van der Waals surface area (Å²) in [6.45, 7) is 0. The van der Waals surface area contributed by atoms with Crippen molar-refractivity contribution in [3.05, 3.63) is 324 Å². The highest BCUT2D eigenvalue weighted by Crippen LogP contribution is 2.65. The maximum atomic E-state index is 7.36. The SMILES string of the molecule is c1ccc(-c2nc3ccc(-c4ccc5c(c4)Oc4cc(-c6nc(-c7ccccc7)c7c(n6)sc6ccccc67)cc6c4C5(c4ccccc4)c4ccccc4O6)cc3nc2-c2cc3c4c(c2)Oc2ccccc2C4(c2ccccc2)c2ccccc2O3)cc1. The van der Waals surface area contributed by atoms with Crippen LogP contribution in [0, 0.1) is 0 Å². The van der Waals surface area contributed by atoms with Crippen LogP contribution >= 0.6 is 11.3 Å². The number of para-hydroxylation sites is 3. The van der Waals surface area contributed by atoms with Gasteiger partial charge in [-0.2, -0.15) is 0 Å².